The number of rotatable bonds is 5. The summed E-state index contributed by atoms with van der Waals surface area (Å²) in [6.07, 6.45) is 2.70. The molecule has 2 aromatic rings. The largest absolute Gasteiger partial charge is 0.370 e. The number of hydrogen-bond acceptors (Lipinski definition) is 5. The molecular weight excluding hydrogens is 310 g/mol. The standard InChI is InChI=1S/C16H25N5OS/c1-10(2)15-13(21-16(18-15)23-11(3)19-21)9-20-6-4-5-12(8-20)7-14(17)22/h10,12H,4-9H2,1-3H3,(H2,17,22). The minimum absolute atomic E-state index is 0.193. The third kappa shape index (κ3) is 3.55. The number of primary amides is 1. The number of aryl methyl sites for hydroxylation is 1. The second-order valence-corrected chi connectivity index (χ2v) is 7.99. The van der Waals surface area contributed by atoms with Gasteiger partial charge in [-0.3, -0.25) is 9.69 Å². The van der Waals surface area contributed by atoms with Gasteiger partial charge in [-0.15, -0.1) is 0 Å². The predicted molar refractivity (Wildman–Crippen MR) is 91.5 cm³/mol. The van der Waals surface area contributed by atoms with E-state index in [0.29, 0.717) is 18.3 Å². The number of nitrogens with two attached hydrogens (primary N) is 1. The van der Waals surface area contributed by atoms with Gasteiger partial charge in [0.2, 0.25) is 10.9 Å². The molecule has 3 heterocycles. The van der Waals surface area contributed by atoms with Crippen molar-refractivity contribution in [2.45, 2.75) is 52.5 Å². The van der Waals surface area contributed by atoms with Crippen LogP contribution in [-0.2, 0) is 11.3 Å². The third-order valence-electron chi connectivity index (χ3n) is 4.44. The van der Waals surface area contributed by atoms with Crippen LogP contribution in [0.2, 0.25) is 0 Å². The van der Waals surface area contributed by atoms with E-state index in [9.17, 15) is 4.79 Å². The van der Waals surface area contributed by atoms with Gasteiger partial charge in [0.1, 0.15) is 5.01 Å². The van der Waals surface area contributed by atoms with E-state index in [0.717, 1.165) is 48.1 Å². The van der Waals surface area contributed by atoms with Gasteiger partial charge in [0.25, 0.3) is 0 Å². The molecule has 2 N–H and O–H groups in total. The molecule has 1 unspecified atom stereocenters. The fourth-order valence-electron chi connectivity index (χ4n) is 3.47. The van der Waals surface area contributed by atoms with E-state index in [2.05, 4.69) is 23.8 Å². The molecule has 1 atom stereocenters. The SMILES string of the molecule is Cc1nn2c(CN3CCCC(CC(N)=O)C3)c(C(C)C)nc2s1. The van der Waals surface area contributed by atoms with Gasteiger partial charge >= 0.3 is 0 Å². The summed E-state index contributed by atoms with van der Waals surface area (Å²) >= 11 is 1.64. The summed E-state index contributed by atoms with van der Waals surface area (Å²) in [5.41, 5.74) is 7.70. The first-order chi connectivity index (χ1) is 10.9. The number of imidazole rings is 1. The Bertz CT molecular complexity index is 705. The highest BCUT2D eigenvalue weighted by Crippen LogP contribution is 2.27. The van der Waals surface area contributed by atoms with Crippen molar-refractivity contribution in [1.29, 1.82) is 0 Å². The van der Waals surface area contributed by atoms with Crippen molar-refractivity contribution in [2.24, 2.45) is 11.7 Å². The highest BCUT2D eigenvalue weighted by Gasteiger charge is 2.25. The van der Waals surface area contributed by atoms with E-state index in [1.54, 1.807) is 11.3 Å². The van der Waals surface area contributed by atoms with Crippen LogP contribution in [0, 0.1) is 12.8 Å². The van der Waals surface area contributed by atoms with Gasteiger partial charge in [-0.2, -0.15) is 5.10 Å². The summed E-state index contributed by atoms with van der Waals surface area (Å²) in [6.45, 7) is 9.19. The van der Waals surface area contributed by atoms with Gasteiger partial charge < -0.3 is 5.73 Å². The average molecular weight is 335 g/mol. The van der Waals surface area contributed by atoms with Crippen LogP contribution in [0.25, 0.3) is 4.96 Å². The molecule has 3 rings (SSSR count). The zero-order valence-electron chi connectivity index (χ0n) is 14.1. The van der Waals surface area contributed by atoms with Crippen molar-refractivity contribution < 1.29 is 4.79 Å². The fourth-order valence-corrected chi connectivity index (χ4v) is 4.24. The smallest absolute Gasteiger partial charge is 0.217 e. The molecular formula is C16H25N5OS. The van der Waals surface area contributed by atoms with Crippen molar-refractivity contribution in [2.75, 3.05) is 13.1 Å². The molecule has 126 valence electrons. The maximum atomic E-state index is 11.2. The molecule has 1 aliphatic heterocycles. The summed E-state index contributed by atoms with van der Waals surface area (Å²) in [7, 11) is 0. The minimum Gasteiger partial charge on any atom is -0.370 e. The van der Waals surface area contributed by atoms with Crippen LogP contribution in [0.5, 0.6) is 0 Å². The van der Waals surface area contributed by atoms with Crippen LogP contribution in [0.4, 0.5) is 0 Å². The molecule has 6 nitrogen and oxygen atoms in total. The number of hydrogen-bond donors (Lipinski definition) is 1. The molecule has 2 aromatic heterocycles. The summed E-state index contributed by atoms with van der Waals surface area (Å²) < 4.78 is 2.01. The van der Waals surface area contributed by atoms with Crippen LogP contribution >= 0.6 is 11.3 Å². The van der Waals surface area contributed by atoms with E-state index in [1.807, 2.05) is 11.4 Å². The van der Waals surface area contributed by atoms with Gasteiger partial charge in [-0.1, -0.05) is 25.2 Å². The van der Waals surface area contributed by atoms with Gasteiger partial charge in [-0.05, 0) is 38.1 Å². The second kappa shape index (κ2) is 6.57. The molecule has 1 saturated heterocycles. The maximum absolute atomic E-state index is 11.2. The predicted octanol–water partition coefficient (Wildman–Crippen LogP) is 2.31. The number of piperidine rings is 1. The van der Waals surface area contributed by atoms with Crippen molar-refractivity contribution in [3.05, 3.63) is 16.4 Å². The number of nitrogens with zero attached hydrogens (tertiary/aromatic N) is 4. The molecule has 0 aromatic carbocycles. The summed E-state index contributed by atoms with van der Waals surface area (Å²) in [5, 5.41) is 5.66. The highest BCUT2D eigenvalue weighted by molar-refractivity contribution is 7.16. The number of amides is 1. The number of carbonyl (C=O) groups is 1. The van der Waals surface area contributed by atoms with Gasteiger partial charge in [0.15, 0.2) is 0 Å². The third-order valence-corrected chi connectivity index (χ3v) is 5.27. The average Bonchev–Trinajstić information content (AvgIpc) is 2.96. The van der Waals surface area contributed by atoms with Crippen molar-refractivity contribution in [3.8, 4) is 0 Å². The van der Waals surface area contributed by atoms with Gasteiger partial charge in [0, 0.05) is 19.5 Å². The Morgan fingerprint density at radius 2 is 2.26 bits per heavy atom. The molecule has 1 aliphatic rings. The first kappa shape index (κ1) is 16.4. The van der Waals surface area contributed by atoms with E-state index in [4.69, 9.17) is 10.7 Å². The molecule has 0 bridgehead atoms. The molecule has 1 fully saturated rings. The number of likely N-dealkylation sites (tertiary alicyclic amines) is 1. The van der Waals surface area contributed by atoms with Crippen molar-refractivity contribution >= 4 is 22.2 Å². The molecule has 0 saturated carbocycles. The zero-order chi connectivity index (χ0) is 16.6. The van der Waals surface area contributed by atoms with E-state index in [1.165, 1.54) is 5.69 Å². The van der Waals surface area contributed by atoms with E-state index < -0.39 is 0 Å². The lowest BCUT2D eigenvalue weighted by Crippen LogP contribution is -2.37. The van der Waals surface area contributed by atoms with Crippen LogP contribution in [0.15, 0.2) is 0 Å². The van der Waals surface area contributed by atoms with Crippen LogP contribution in [0.1, 0.15) is 55.4 Å². The number of aromatic nitrogens is 3. The van der Waals surface area contributed by atoms with Gasteiger partial charge in [0.05, 0.1) is 11.4 Å². The first-order valence-corrected chi connectivity index (χ1v) is 9.11. The summed E-state index contributed by atoms with van der Waals surface area (Å²) in [4.78, 5) is 19.4. The number of fused-ring (bicyclic) bond motifs is 1. The molecule has 7 heteroatoms. The second-order valence-electron chi connectivity index (χ2n) is 6.83. The molecule has 0 radical (unpaired) electrons. The Morgan fingerprint density at radius 3 is 2.96 bits per heavy atom. The monoisotopic (exact) mass is 335 g/mol. The van der Waals surface area contributed by atoms with Crippen LogP contribution in [0.3, 0.4) is 0 Å². The lowest BCUT2D eigenvalue weighted by molar-refractivity contribution is -0.119. The van der Waals surface area contributed by atoms with Crippen LogP contribution < -0.4 is 5.73 Å². The fraction of sp³-hybridized carbons (Fsp3) is 0.688. The minimum atomic E-state index is -0.193. The Balaban J connectivity index is 1.82. The van der Waals surface area contributed by atoms with E-state index >= 15 is 0 Å². The molecule has 0 aliphatic carbocycles. The lowest BCUT2D eigenvalue weighted by atomic mass is 9.94. The van der Waals surface area contributed by atoms with Crippen molar-refractivity contribution in [1.82, 2.24) is 19.5 Å². The number of carbonyl (C=O) groups excluding carboxylic acids is 1. The Hall–Kier alpha value is -1.47. The normalized spacial score (nSPS) is 19.7. The molecule has 1 amide bonds. The van der Waals surface area contributed by atoms with Crippen molar-refractivity contribution in [3.63, 3.8) is 0 Å². The van der Waals surface area contributed by atoms with Crippen LogP contribution in [-0.4, -0.2) is 38.5 Å². The Kier molecular flexibility index (Phi) is 4.68. The quantitative estimate of drug-likeness (QED) is 0.909. The van der Waals surface area contributed by atoms with Gasteiger partial charge in [-0.25, -0.2) is 9.50 Å². The maximum Gasteiger partial charge on any atom is 0.217 e. The topological polar surface area (TPSA) is 76.5 Å². The van der Waals surface area contributed by atoms with E-state index in [-0.39, 0.29) is 5.91 Å². The molecule has 0 spiro atoms. The summed E-state index contributed by atoms with van der Waals surface area (Å²) in [6, 6.07) is 0. The Labute approximate surface area is 140 Å². The molecule has 23 heavy (non-hydrogen) atoms. The zero-order valence-corrected chi connectivity index (χ0v) is 14.9. The Morgan fingerprint density at radius 1 is 1.48 bits per heavy atom. The highest BCUT2D eigenvalue weighted by atomic mass is 32.1. The summed E-state index contributed by atoms with van der Waals surface area (Å²) in [5.74, 6) is 0.566. The lowest BCUT2D eigenvalue weighted by Gasteiger charge is -2.32. The first-order valence-electron chi connectivity index (χ1n) is 8.29.